The molecular formula is C15H23N3O3. The van der Waals surface area contributed by atoms with E-state index in [1.165, 1.54) is 0 Å². The lowest BCUT2D eigenvalue weighted by molar-refractivity contribution is -0.139. The van der Waals surface area contributed by atoms with Gasteiger partial charge in [-0.25, -0.2) is 9.59 Å². The van der Waals surface area contributed by atoms with Crippen molar-refractivity contribution < 1.29 is 14.7 Å². The van der Waals surface area contributed by atoms with Crippen molar-refractivity contribution in [2.24, 2.45) is 5.92 Å². The second-order valence-electron chi connectivity index (χ2n) is 5.53. The smallest absolute Gasteiger partial charge is 0.326 e. The summed E-state index contributed by atoms with van der Waals surface area (Å²) in [6.07, 6.45) is 0.387. The number of urea groups is 1. The summed E-state index contributed by atoms with van der Waals surface area (Å²) >= 11 is 0. The van der Waals surface area contributed by atoms with E-state index in [-0.39, 0.29) is 5.92 Å². The second-order valence-corrected chi connectivity index (χ2v) is 5.53. The maximum Gasteiger partial charge on any atom is 0.326 e. The molecule has 1 aromatic rings. The van der Waals surface area contributed by atoms with Gasteiger partial charge in [0.2, 0.25) is 0 Å². The highest BCUT2D eigenvalue weighted by molar-refractivity contribution is 5.95. The maximum absolute atomic E-state index is 12.0. The van der Waals surface area contributed by atoms with Crippen molar-refractivity contribution in [2.45, 2.75) is 26.3 Å². The van der Waals surface area contributed by atoms with E-state index in [0.29, 0.717) is 12.1 Å². The highest BCUT2D eigenvalue weighted by Gasteiger charge is 2.21. The Hall–Kier alpha value is -2.24. The Morgan fingerprint density at radius 3 is 2.38 bits per heavy atom. The number of hydrogen-bond donors (Lipinski definition) is 3. The van der Waals surface area contributed by atoms with Crippen LogP contribution >= 0.6 is 0 Å². The zero-order valence-corrected chi connectivity index (χ0v) is 12.9. The van der Waals surface area contributed by atoms with Gasteiger partial charge in [-0.1, -0.05) is 26.0 Å². The van der Waals surface area contributed by atoms with E-state index in [4.69, 9.17) is 5.11 Å². The minimum absolute atomic E-state index is 0.181. The quantitative estimate of drug-likeness (QED) is 0.752. The van der Waals surface area contributed by atoms with Crippen LogP contribution in [0.25, 0.3) is 0 Å². The third kappa shape index (κ3) is 5.33. The van der Waals surface area contributed by atoms with Gasteiger partial charge in [0.1, 0.15) is 6.04 Å². The van der Waals surface area contributed by atoms with E-state index < -0.39 is 18.0 Å². The van der Waals surface area contributed by atoms with Crippen LogP contribution in [0.15, 0.2) is 24.3 Å². The van der Waals surface area contributed by atoms with Gasteiger partial charge in [-0.2, -0.15) is 0 Å². The molecule has 0 aromatic heterocycles. The van der Waals surface area contributed by atoms with Gasteiger partial charge >= 0.3 is 12.0 Å². The Bertz CT molecular complexity index is 501. The maximum atomic E-state index is 12.0. The zero-order chi connectivity index (χ0) is 16.0. The highest BCUT2D eigenvalue weighted by Crippen LogP contribution is 2.23. The minimum Gasteiger partial charge on any atom is -0.480 e. The Kier molecular flexibility index (Phi) is 6.02. The summed E-state index contributed by atoms with van der Waals surface area (Å²) in [6, 6.07) is 5.92. The Morgan fingerprint density at radius 2 is 1.86 bits per heavy atom. The topological polar surface area (TPSA) is 81.7 Å². The third-order valence-corrected chi connectivity index (χ3v) is 2.94. The molecule has 21 heavy (non-hydrogen) atoms. The molecule has 0 fully saturated rings. The number of hydrogen-bond acceptors (Lipinski definition) is 3. The fourth-order valence-corrected chi connectivity index (χ4v) is 1.98. The minimum atomic E-state index is -1.03. The molecule has 0 aliphatic rings. The van der Waals surface area contributed by atoms with Gasteiger partial charge in [0.25, 0.3) is 0 Å². The predicted octanol–water partition coefficient (Wildman–Crippen LogP) is 2.37. The number of aliphatic carboxylic acids is 1. The van der Waals surface area contributed by atoms with Crippen LogP contribution < -0.4 is 15.5 Å². The van der Waals surface area contributed by atoms with Gasteiger partial charge in [0.15, 0.2) is 0 Å². The molecule has 3 N–H and O–H groups in total. The van der Waals surface area contributed by atoms with Crippen LogP contribution in [0.4, 0.5) is 16.2 Å². The van der Waals surface area contributed by atoms with Gasteiger partial charge in [-0.05, 0) is 24.5 Å². The Labute approximate surface area is 125 Å². The molecule has 0 saturated heterocycles. The first-order valence-electron chi connectivity index (χ1n) is 6.88. The predicted molar refractivity (Wildman–Crippen MR) is 83.8 cm³/mol. The molecule has 116 valence electrons. The van der Waals surface area contributed by atoms with Gasteiger partial charge in [0, 0.05) is 14.1 Å². The van der Waals surface area contributed by atoms with Crippen molar-refractivity contribution in [1.29, 1.82) is 0 Å². The number of benzene rings is 1. The van der Waals surface area contributed by atoms with Gasteiger partial charge in [-0.15, -0.1) is 0 Å². The molecule has 1 atom stereocenters. The van der Waals surface area contributed by atoms with Crippen molar-refractivity contribution in [3.8, 4) is 0 Å². The van der Waals surface area contributed by atoms with Crippen LogP contribution in [0.1, 0.15) is 20.3 Å². The normalized spacial score (nSPS) is 11.9. The molecule has 1 aromatic carbocycles. The molecule has 0 saturated carbocycles. The monoisotopic (exact) mass is 293 g/mol. The van der Waals surface area contributed by atoms with Crippen LogP contribution in [0, 0.1) is 5.92 Å². The van der Waals surface area contributed by atoms with Gasteiger partial charge in [0.05, 0.1) is 11.4 Å². The van der Waals surface area contributed by atoms with E-state index in [1.807, 2.05) is 51.0 Å². The summed E-state index contributed by atoms with van der Waals surface area (Å²) in [6.45, 7) is 3.83. The summed E-state index contributed by atoms with van der Waals surface area (Å²) in [7, 11) is 3.74. The fourth-order valence-electron chi connectivity index (χ4n) is 1.98. The van der Waals surface area contributed by atoms with E-state index in [9.17, 15) is 9.59 Å². The van der Waals surface area contributed by atoms with E-state index >= 15 is 0 Å². The number of carbonyl (C=O) groups is 2. The van der Waals surface area contributed by atoms with E-state index in [0.717, 1.165) is 5.69 Å². The molecule has 1 rings (SSSR count). The molecule has 6 heteroatoms. The zero-order valence-electron chi connectivity index (χ0n) is 12.9. The van der Waals surface area contributed by atoms with E-state index in [1.54, 1.807) is 6.07 Å². The standard InChI is InChI=1S/C15H23N3O3/c1-10(2)9-12(14(19)20)17-15(21)16-11-7-5-6-8-13(11)18(3)4/h5-8,10,12H,9H2,1-4H3,(H,19,20)(H2,16,17,21). The first-order chi connectivity index (χ1) is 9.81. The van der Waals surface area contributed by atoms with Gasteiger partial charge < -0.3 is 20.6 Å². The van der Waals surface area contributed by atoms with Crippen molar-refractivity contribution in [2.75, 3.05) is 24.3 Å². The SMILES string of the molecule is CC(C)CC(NC(=O)Nc1ccccc1N(C)C)C(=O)O. The molecule has 2 amide bonds. The van der Waals surface area contributed by atoms with Crippen molar-refractivity contribution in [1.82, 2.24) is 5.32 Å². The van der Waals surface area contributed by atoms with E-state index in [2.05, 4.69) is 10.6 Å². The first-order valence-corrected chi connectivity index (χ1v) is 6.88. The molecule has 1 unspecified atom stereocenters. The molecule has 6 nitrogen and oxygen atoms in total. The highest BCUT2D eigenvalue weighted by atomic mass is 16.4. The number of para-hydroxylation sites is 2. The largest absolute Gasteiger partial charge is 0.480 e. The lowest BCUT2D eigenvalue weighted by Gasteiger charge is -2.20. The number of carbonyl (C=O) groups excluding carboxylic acids is 1. The van der Waals surface area contributed by atoms with Crippen molar-refractivity contribution in [3.05, 3.63) is 24.3 Å². The number of amides is 2. The van der Waals surface area contributed by atoms with Crippen LogP contribution in [-0.4, -0.2) is 37.2 Å². The summed E-state index contributed by atoms with van der Waals surface area (Å²) in [5, 5.41) is 14.3. The number of nitrogens with zero attached hydrogens (tertiary/aromatic N) is 1. The number of anilines is 2. The summed E-state index contributed by atoms with van der Waals surface area (Å²) in [5.74, 6) is -0.847. The van der Waals surface area contributed by atoms with Crippen molar-refractivity contribution in [3.63, 3.8) is 0 Å². The van der Waals surface area contributed by atoms with Crippen molar-refractivity contribution >= 4 is 23.4 Å². The Morgan fingerprint density at radius 1 is 1.24 bits per heavy atom. The third-order valence-electron chi connectivity index (χ3n) is 2.94. The average Bonchev–Trinajstić information content (AvgIpc) is 2.37. The first kappa shape index (κ1) is 16.8. The molecular weight excluding hydrogens is 270 g/mol. The summed E-state index contributed by atoms with van der Waals surface area (Å²) < 4.78 is 0. The molecule has 0 aliphatic heterocycles. The van der Waals surface area contributed by atoms with Crippen LogP contribution in [0.3, 0.4) is 0 Å². The lowest BCUT2D eigenvalue weighted by Crippen LogP contribution is -2.43. The van der Waals surface area contributed by atoms with Gasteiger partial charge in [-0.3, -0.25) is 0 Å². The van der Waals surface area contributed by atoms with Crippen LogP contribution in [-0.2, 0) is 4.79 Å². The number of carboxylic acid groups (broad SMARTS) is 1. The van der Waals surface area contributed by atoms with Crippen LogP contribution in [0.5, 0.6) is 0 Å². The van der Waals surface area contributed by atoms with Crippen LogP contribution in [0.2, 0.25) is 0 Å². The molecule has 0 heterocycles. The lowest BCUT2D eigenvalue weighted by atomic mass is 10.0. The summed E-state index contributed by atoms with van der Waals surface area (Å²) in [5.41, 5.74) is 1.48. The second kappa shape index (κ2) is 7.52. The molecule has 0 radical (unpaired) electrons. The molecule has 0 aliphatic carbocycles. The number of rotatable bonds is 6. The fraction of sp³-hybridized carbons (Fsp3) is 0.467. The number of nitrogens with one attached hydrogen (secondary N) is 2. The molecule has 0 bridgehead atoms. The molecule has 0 spiro atoms. The average molecular weight is 293 g/mol. The summed E-state index contributed by atoms with van der Waals surface area (Å²) in [4.78, 5) is 25.0. The Balaban J connectivity index is 2.75. The number of carboxylic acids is 1.